The van der Waals surface area contributed by atoms with Gasteiger partial charge >= 0.3 is 0 Å². The first kappa shape index (κ1) is 21.1. The second kappa shape index (κ2) is 9.36. The van der Waals surface area contributed by atoms with E-state index in [4.69, 9.17) is 21.1 Å². The molecule has 160 valence electrons. The molecule has 1 fully saturated rings. The van der Waals surface area contributed by atoms with E-state index in [1.54, 1.807) is 29.4 Å². The summed E-state index contributed by atoms with van der Waals surface area (Å²) < 4.78 is 37.8. The molecule has 1 saturated heterocycles. The number of rotatable bonds is 5. The van der Waals surface area contributed by atoms with Gasteiger partial charge in [0.1, 0.15) is 11.9 Å². The Labute approximate surface area is 182 Å². The normalized spacial score (nSPS) is 16.2. The summed E-state index contributed by atoms with van der Waals surface area (Å²) in [7, 11) is 0. The third-order valence-corrected chi connectivity index (χ3v) is 5.03. The molecule has 1 atom stereocenters. The highest BCUT2D eigenvalue weighted by atomic mass is 35.5. The maximum absolute atomic E-state index is 13.7. The molecule has 0 aliphatic carbocycles. The molecule has 3 aromatic rings. The zero-order valence-corrected chi connectivity index (χ0v) is 17.1. The maximum atomic E-state index is 13.7. The van der Waals surface area contributed by atoms with Gasteiger partial charge in [0.05, 0.1) is 24.5 Å². The Morgan fingerprint density at radius 2 is 2.03 bits per heavy atom. The Morgan fingerprint density at radius 1 is 1.19 bits per heavy atom. The van der Waals surface area contributed by atoms with Crippen LogP contribution in [0.25, 0.3) is 11.3 Å². The van der Waals surface area contributed by atoms with Gasteiger partial charge < -0.3 is 14.4 Å². The first-order valence-corrected chi connectivity index (χ1v) is 9.93. The number of ether oxygens (including phenoxy) is 2. The highest BCUT2D eigenvalue weighted by molar-refractivity contribution is 6.30. The van der Waals surface area contributed by atoms with Crippen molar-refractivity contribution in [1.82, 2.24) is 14.9 Å². The van der Waals surface area contributed by atoms with Gasteiger partial charge in [-0.3, -0.25) is 14.8 Å². The number of morpholine rings is 1. The van der Waals surface area contributed by atoms with Crippen molar-refractivity contribution in [2.24, 2.45) is 0 Å². The SMILES string of the molecule is O=C(COc1ccc(F)cc1F)N1CCOC(c2nccnc2-c2cccc(Cl)c2)C1. The van der Waals surface area contributed by atoms with Crippen LogP contribution in [0.4, 0.5) is 8.78 Å². The van der Waals surface area contributed by atoms with Gasteiger partial charge in [0.2, 0.25) is 0 Å². The summed E-state index contributed by atoms with van der Waals surface area (Å²) in [6, 6.07) is 10.2. The summed E-state index contributed by atoms with van der Waals surface area (Å²) in [5.41, 5.74) is 2.00. The summed E-state index contributed by atoms with van der Waals surface area (Å²) in [4.78, 5) is 23.0. The quantitative estimate of drug-likeness (QED) is 0.592. The summed E-state index contributed by atoms with van der Waals surface area (Å²) >= 11 is 6.11. The van der Waals surface area contributed by atoms with Gasteiger partial charge in [-0.15, -0.1) is 0 Å². The fraction of sp³-hybridized carbons (Fsp3) is 0.227. The van der Waals surface area contributed by atoms with E-state index < -0.39 is 17.7 Å². The Kier molecular flexibility index (Phi) is 6.39. The van der Waals surface area contributed by atoms with Crippen LogP contribution < -0.4 is 4.74 Å². The molecule has 4 rings (SSSR count). The van der Waals surface area contributed by atoms with Crippen LogP contribution in [0.1, 0.15) is 11.8 Å². The van der Waals surface area contributed by atoms with Crippen LogP contribution in [0.3, 0.4) is 0 Å². The molecule has 2 aromatic carbocycles. The molecule has 2 heterocycles. The third kappa shape index (κ3) is 4.98. The molecule has 0 radical (unpaired) electrons. The van der Waals surface area contributed by atoms with Gasteiger partial charge in [-0.25, -0.2) is 8.78 Å². The van der Waals surface area contributed by atoms with Gasteiger partial charge in [0, 0.05) is 35.6 Å². The second-order valence-electron chi connectivity index (χ2n) is 6.86. The minimum Gasteiger partial charge on any atom is -0.481 e. The highest BCUT2D eigenvalue weighted by Crippen LogP contribution is 2.30. The second-order valence-corrected chi connectivity index (χ2v) is 7.30. The van der Waals surface area contributed by atoms with Crippen LogP contribution >= 0.6 is 11.6 Å². The molecule has 0 saturated carbocycles. The molecular formula is C22H18ClF2N3O3. The van der Waals surface area contributed by atoms with E-state index in [1.807, 2.05) is 12.1 Å². The van der Waals surface area contributed by atoms with Gasteiger partial charge in [-0.05, 0) is 24.3 Å². The summed E-state index contributed by atoms with van der Waals surface area (Å²) in [5.74, 6) is -2.10. The van der Waals surface area contributed by atoms with E-state index in [9.17, 15) is 13.6 Å². The molecule has 1 amide bonds. The van der Waals surface area contributed by atoms with Gasteiger partial charge in [-0.1, -0.05) is 23.7 Å². The van der Waals surface area contributed by atoms with E-state index >= 15 is 0 Å². The Hall–Kier alpha value is -3.10. The molecule has 1 unspecified atom stereocenters. The molecule has 31 heavy (non-hydrogen) atoms. The smallest absolute Gasteiger partial charge is 0.260 e. The van der Waals surface area contributed by atoms with Crippen LogP contribution in [-0.4, -0.2) is 47.1 Å². The molecular weight excluding hydrogens is 428 g/mol. The minimum absolute atomic E-state index is 0.184. The van der Waals surface area contributed by atoms with Crippen LogP contribution in [0.5, 0.6) is 5.75 Å². The molecule has 0 N–H and O–H groups in total. The van der Waals surface area contributed by atoms with Crippen molar-refractivity contribution >= 4 is 17.5 Å². The van der Waals surface area contributed by atoms with Gasteiger partial charge in [0.15, 0.2) is 18.2 Å². The predicted molar refractivity (Wildman–Crippen MR) is 110 cm³/mol. The van der Waals surface area contributed by atoms with E-state index in [0.717, 1.165) is 17.7 Å². The van der Waals surface area contributed by atoms with Gasteiger partial charge in [-0.2, -0.15) is 0 Å². The van der Waals surface area contributed by atoms with Crippen molar-refractivity contribution in [3.05, 3.63) is 77.2 Å². The van der Waals surface area contributed by atoms with Crippen molar-refractivity contribution in [1.29, 1.82) is 0 Å². The predicted octanol–water partition coefficient (Wildman–Crippen LogP) is 4.05. The zero-order chi connectivity index (χ0) is 21.8. The third-order valence-electron chi connectivity index (χ3n) is 4.79. The number of benzene rings is 2. The molecule has 0 spiro atoms. The monoisotopic (exact) mass is 445 g/mol. The molecule has 6 nitrogen and oxygen atoms in total. The first-order chi connectivity index (χ1) is 15.0. The van der Waals surface area contributed by atoms with Crippen LogP contribution in [-0.2, 0) is 9.53 Å². The average molecular weight is 446 g/mol. The number of halogens is 3. The summed E-state index contributed by atoms with van der Waals surface area (Å²) in [6.45, 7) is 0.515. The number of carbonyl (C=O) groups is 1. The van der Waals surface area contributed by atoms with E-state index in [2.05, 4.69) is 9.97 Å². The average Bonchev–Trinajstić information content (AvgIpc) is 2.78. The van der Waals surface area contributed by atoms with Crippen LogP contribution in [0.15, 0.2) is 54.9 Å². The zero-order valence-electron chi connectivity index (χ0n) is 16.3. The lowest BCUT2D eigenvalue weighted by atomic mass is 10.1. The minimum atomic E-state index is -0.863. The lowest BCUT2D eigenvalue weighted by Gasteiger charge is -2.33. The fourth-order valence-electron chi connectivity index (χ4n) is 3.31. The molecule has 0 bridgehead atoms. The Balaban J connectivity index is 1.47. The van der Waals surface area contributed by atoms with E-state index in [1.165, 1.54) is 0 Å². The molecule has 9 heteroatoms. The number of amides is 1. The topological polar surface area (TPSA) is 64.5 Å². The lowest BCUT2D eigenvalue weighted by molar-refractivity contribution is -0.141. The number of hydrogen-bond acceptors (Lipinski definition) is 5. The Morgan fingerprint density at radius 3 is 2.84 bits per heavy atom. The number of nitrogens with zero attached hydrogens (tertiary/aromatic N) is 3. The number of carbonyl (C=O) groups excluding carboxylic acids is 1. The summed E-state index contributed by atoms with van der Waals surface area (Å²) in [6.07, 6.45) is 2.65. The van der Waals surface area contributed by atoms with Crippen molar-refractivity contribution in [3.63, 3.8) is 0 Å². The standard InChI is InChI=1S/C22H18ClF2N3O3/c23-15-3-1-2-14(10-15)21-22(27-7-6-26-21)19-12-28(8-9-30-19)20(29)13-31-18-5-4-16(24)11-17(18)25/h1-7,10-11,19H,8-9,12-13H2. The van der Waals surface area contributed by atoms with Gasteiger partial charge in [0.25, 0.3) is 5.91 Å². The largest absolute Gasteiger partial charge is 0.481 e. The molecule has 1 aliphatic rings. The summed E-state index contributed by atoms with van der Waals surface area (Å²) in [5, 5.41) is 0.570. The maximum Gasteiger partial charge on any atom is 0.260 e. The van der Waals surface area contributed by atoms with Crippen molar-refractivity contribution in [3.8, 4) is 17.0 Å². The van der Waals surface area contributed by atoms with Crippen molar-refractivity contribution in [2.75, 3.05) is 26.3 Å². The number of aromatic nitrogens is 2. The number of hydrogen-bond donors (Lipinski definition) is 0. The van der Waals surface area contributed by atoms with Crippen molar-refractivity contribution in [2.45, 2.75) is 6.10 Å². The fourth-order valence-corrected chi connectivity index (χ4v) is 3.50. The van der Waals surface area contributed by atoms with Crippen LogP contribution in [0.2, 0.25) is 5.02 Å². The first-order valence-electron chi connectivity index (χ1n) is 9.55. The molecule has 1 aromatic heterocycles. The van der Waals surface area contributed by atoms with E-state index in [-0.39, 0.29) is 24.8 Å². The van der Waals surface area contributed by atoms with Crippen LogP contribution in [0, 0.1) is 11.6 Å². The lowest BCUT2D eigenvalue weighted by Crippen LogP contribution is -2.44. The Bertz CT molecular complexity index is 1100. The van der Waals surface area contributed by atoms with Crippen molar-refractivity contribution < 1.29 is 23.0 Å². The van der Waals surface area contributed by atoms with E-state index in [0.29, 0.717) is 35.6 Å². The molecule has 1 aliphatic heterocycles. The highest BCUT2D eigenvalue weighted by Gasteiger charge is 2.29.